The lowest BCUT2D eigenvalue weighted by Gasteiger charge is -2.28. The van der Waals surface area contributed by atoms with E-state index in [4.69, 9.17) is 0 Å². The van der Waals surface area contributed by atoms with Gasteiger partial charge in [0, 0.05) is 25.0 Å². The van der Waals surface area contributed by atoms with Crippen molar-refractivity contribution in [2.75, 3.05) is 25.5 Å². The first-order valence-electron chi connectivity index (χ1n) is 5.57. The first kappa shape index (κ1) is 11.1. The quantitative estimate of drug-likeness (QED) is 0.810. The molecule has 1 N–H and O–H groups in total. The number of piperidine rings is 1. The van der Waals surface area contributed by atoms with E-state index in [-0.39, 0.29) is 11.8 Å². The molecule has 0 spiro atoms. The van der Waals surface area contributed by atoms with E-state index >= 15 is 0 Å². The summed E-state index contributed by atoms with van der Waals surface area (Å²) in [6.45, 7) is 1.93. The lowest BCUT2D eigenvalue weighted by molar-refractivity contribution is -0.121. The van der Waals surface area contributed by atoms with E-state index in [2.05, 4.69) is 28.3 Å². The third-order valence-corrected chi connectivity index (χ3v) is 2.87. The Bertz CT molecular complexity index is 353. The van der Waals surface area contributed by atoms with Gasteiger partial charge in [-0.1, -0.05) is 0 Å². The van der Waals surface area contributed by atoms with Crippen LogP contribution in [0.3, 0.4) is 0 Å². The number of likely N-dealkylation sites (tertiary alicyclic amines) is 1. The van der Waals surface area contributed by atoms with Gasteiger partial charge in [0.25, 0.3) is 0 Å². The van der Waals surface area contributed by atoms with Crippen LogP contribution in [0.4, 0.5) is 5.69 Å². The van der Waals surface area contributed by atoms with Crippen LogP contribution in [0.25, 0.3) is 0 Å². The number of anilines is 1. The first-order valence-corrected chi connectivity index (χ1v) is 5.57. The van der Waals surface area contributed by atoms with Gasteiger partial charge in [-0.2, -0.15) is 0 Å². The SMILES string of the molecule is CN1CCCC(C(=O)Nc2[c]cncc2)C1. The lowest BCUT2D eigenvalue weighted by atomic mass is 9.97. The summed E-state index contributed by atoms with van der Waals surface area (Å²) >= 11 is 0. The van der Waals surface area contributed by atoms with Gasteiger partial charge in [-0.3, -0.25) is 9.78 Å². The number of amides is 1. The predicted octanol–water partition coefficient (Wildman–Crippen LogP) is 1.16. The molecule has 0 saturated carbocycles. The zero-order valence-corrected chi connectivity index (χ0v) is 9.44. The van der Waals surface area contributed by atoms with E-state index in [0.29, 0.717) is 5.69 Å². The van der Waals surface area contributed by atoms with Gasteiger partial charge in [0.05, 0.1) is 11.6 Å². The third kappa shape index (κ3) is 2.79. The summed E-state index contributed by atoms with van der Waals surface area (Å²) in [5, 5.41) is 2.87. The fourth-order valence-corrected chi connectivity index (χ4v) is 2.01. The van der Waals surface area contributed by atoms with Crippen molar-refractivity contribution in [3.63, 3.8) is 0 Å². The van der Waals surface area contributed by atoms with Crippen LogP contribution in [0.15, 0.2) is 18.5 Å². The van der Waals surface area contributed by atoms with E-state index in [1.165, 1.54) is 0 Å². The average Bonchev–Trinajstić information content (AvgIpc) is 2.30. The molecule has 4 heteroatoms. The Morgan fingerprint density at radius 3 is 3.25 bits per heavy atom. The normalized spacial score (nSPS) is 21.7. The van der Waals surface area contributed by atoms with Crippen molar-refractivity contribution >= 4 is 11.6 Å². The van der Waals surface area contributed by atoms with Crippen LogP contribution in [-0.2, 0) is 4.79 Å². The molecule has 16 heavy (non-hydrogen) atoms. The molecule has 2 heterocycles. The van der Waals surface area contributed by atoms with Crippen LogP contribution in [0.1, 0.15) is 12.8 Å². The van der Waals surface area contributed by atoms with Crippen LogP contribution in [0.2, 0.25) is 0 Å². The van der Waals surface area contributed by atoms with Crippen molar-refractivity contribution in [2.45, 2.75) is 12.8 Å². The molecule has 1 aliphatic rings. The summed E-state index contributed by atoms with van der Waals surface area (Å²) < 4.78 is 0. The van der Waals surface area contributed by atoms with Gasteiger partial charge < -0.3 is 10.2 Å². The summed E-state index contributed by atoms with van der Waals surface area (Å²) in [4.78, 5) is 18.0. The number of hydrogen-bond donors (Lipinski definition) is 1. The number of hydrogen-bond acceptors (Lipinski definition) is 3. The fourth-order valence-electron chi connectivity index (χ4n) is 2.01. The van der Waals surface area contributed by atoms with E-state index < -0.39 is 0 Å². The topological polar surface area (TPSA) is 45.2 Å². The van der Waals surface area contributed by atoms with Gasteiger partial charge in [0.2, 0.25) is 5.91 Å². The van der Waals surface area contributed by atoms with Crippen molar-refractivity contribution in [3.05, 3.63) is 24.5 Å². The molecule has 1 saturated heterocycles. The monoisotopic (exact) mass is 218 g/mol. The molecule has 1 aromatic heterocycles. The summed E-state index contributed by atoms with van der Waals surface area (Å²) in [5.74, 6) is 0.189. The molecule has 1 unspecified atom stereocenters. The van der Waals surface area contributed by atoms with E-state index in [1.54, 1.807) is 18.5 Å². The van der Waals surface area contributed by atoms with Crippen molar-refractivity contribution in [2.24, 2.45) is 5.92 Å². The minimum atomic E-state index is 0.0917. The number of pyridine rings is 1. The van der Waals surface area contributed by atoms with Crippen LogP contribution in [0.5, 0.6) is 0 Å². The minimum absolute atomic E-state index is 0.0917. The maximum absolute atomic E-state index is 11.9. The highest BCUT2D eigenvalue weighted by Gasteiger charge is 2.23. The summed E-state index contributed by atoms with van der Waals surface area (Å²) in [5.41, 5.74) is 0.702. The van der Waals surface area contributed by atoms with Gasteiger partial charge in [-0.05, 0) is 32.5 Å². The van der Waals surface area contributed by atoms with E-state index in [9.17, 15) is 4.79 Å². The highest BCUT2D eigenvalue weighted by molar-refractivity contribution is 5.92. The molecule has 0 bridgehead atoms. The molecule has 1 aromatic rings. The fraction of sp³-hybridized carbons (Fsp3) is 0.500. The van der Waals surface area contributed by atoms with E-state index in [1.807, 2.05) is 0 Å². The van der Waals surface area contributed by atoms with Crippen LogP contribution in [0, 0.1) is 12.0 Å². The zero-order valence-electron chi connectivity index (χ0n) is 9.44. The molecule has 1 fully saturated rings. The number of carbonyl (C=O) groups excluding carboxylic acids is 1. The van der Waals surface area contributed by atoms with Gasteiger partial charge in [0.1, 0.15) is 0 Å². The molecule has 2 rings (SSSR count). The largest absolute Gasteiger partial charge is 0.325 e. The molecular formula is C12H16N3O. The average molecular weight is 218 g/mol. The van der Waals surface area contributed by atoms with E-state index in [0.717, 1.165) is 25.9 Å². The van der Waals surface area contributed by atoms with Crippen molar-refractivity contribution in [1.82, 2.24) is 9.88 Å². The van der Waals surface area contributed by atoms with Gasteiger partial charge in [0.15, 0.2) is 0 Å². The smallest absolute Gasteiger partial charge is 0.228 e. The van der Waals surface area contributed by atoms with Crippen LogP contribution < -0.4 is 5.32 Å². The number of nitrogens with zero attached hydrogens (tertiary/aromatic N) is 2. The van der Waals surface area contributed by atoms with Crippen molar-refractivity contribution in [3.8, 4) is 0 Å². The Morgan fingerprint density at radius 2 is 2.56 bits per heavy atom. The second-order valence-electron chi connectivity index (χ2n) is 4.24. The van der Waals surface area contributed by atoms with Crippen molar-refractivity contribution < 1.29 is 4.79 Å². The van der Waals surface area contributed by atoms with Crippen LogP contribution >= 0.6 is 0 Å². The number of carbonyl (C=O) groups is 1. The van der Waals surface area contributed by atoms with Gasteiger partial charge in [-0.25, -0.2) is 0 Å². The molecule has 4 nitrogen and oxygen atoms in total. The molecule has 1 amide bonds. The van der Waals surface area contributed by atoms with Crippen LogP contribution in [-0.4, -0.2) is 35.9 Å². The Hall–Kier alpha value is -1.42. The minimum Gasteiger partial charge on any atom is -0.325 e. The zero-order chi connectivity index (χ0) is 11.4. The van der Waals surface area contributed by atoms with Crippen molar-refractivity contribution in [1.29, 1.82) is 0 Å². The maximum atomic E-state index is 11.9. The number of aromatic nitrogens is 1. The number of nitrogens with one attached hydrogen (secondary N) is 1. The molecule has 0 aliphatic carbocycles. The number of rotatable bonds is 2. The second-order valence-corrected chi connectivity index (χ2v) is 4.24. The molecule has 1 atom stereocenters. The maximum Gasteiger partial charge on any atom is 0.228 e. The summed E-state index contributed by atoms with van der Waals surface area (Å²) in [6, 6.07) is 4.65. The Kier molecular flexibility index (Phi) is 3.51. The highest BCUT2D eigenvalue weighted by atomic mass is 16.1. The Labute approximate surface area is 95.7 Å². The standard InChI is InChI=1S/C12H16N3O/c1-15-8-2-3-10(9-15)12(16)14-11-4-6-13-7-5-11/h4,6-7,10H,2-3,8-9H2,1H3,(H,13,14,16). The molecular weight excluding hydrogens is 202 g/mol. The highest BCUT2D eigenvalue weighted by Crippen LogP contribution is 2.17. The lowest BCUT2D eigenvalue weighted by Crippen LogP contribution is -2.38. The Balaban J connectivity index is 1.93. The molecule has 0 aromatic carbocycles. The summed E-state index contributed by atoms with van der Waals surface area (Å²) in [7, 11) is 2.05. The van der Waals surface area contributed by atoms with Gasteiger partial charge >= 0.3 is 0 Å². The molecule has 1 radical (unpaired) electrons. The first-order chi connectivity index (χ1) is 7.75. The molecule has 1 aliphatic heterocycles. The predicted molar refractivity (Wildman–Crippen MR) is 61.9 cm³/mol. The summed E-state index contributed by atoms with van der Waals surface area (Å²) in [6.07, 6.45) is 5.28. The molecule has 85 valence electrons. The Morgan fingerprint density at radius 1 is 1.69 bits per heavy atom. The second kappa shape index (κ2) is 5.07. The van der Waals surface area contributed by atoms with Gasteiger partial charge in [-0.15, -0.1) is 0 Å². The third-order valence-electron chi connectivity index (χ3n) is 2.87.